The summed E-state index contributed by atoms with van der Waals surface area (Å²) < 4.78 is 0. The molecular weight excluding hydrogens is 274 g/mol. The molecule has 0 bridgehead atoms. The number of benzene rings is 1. The lowest BCUT2D eigenvalue weighted by Gasteiger charge is -2.31. The Kier molecular flexibility index (Phi) is 5.98. The van der Waals surface area contributed by atoms with Gasteiger partial charge in [0.15, 0.2) is 0 Å². The highest BCUT2D eigenvalue weighted by Crippen LogP contribution is 2.26. The van der Waals surface area contributed by atoms with Gasteiger partial charge in [-0.1, -0.05) is 50.5 Å². The van der Waals surface area contributed by atoms with Crippen molar-refractivity contribution in [1.29, 1.82) is 0 Å². The highest BCUT2D eigenvalue weighted by atomic mass is 16.2. The molecule has 22 heavy (non-hydrogen) atoms. The third kappa shape index (κ3) is 4.55. The third-order valence-electron chi connectivity index (χ3n) is 4.63. The SMILES string of the molecule is CCN(C)Cc1cccc(CNC(=O)C2(N)CCCCC2)c1. The minimum Gasteiger partial charge on any atom is -0.350 e. The average molecular weight is 303 g/mol. The smallest absolute Gasteiger partial charge is 0.240 e. The maximum Gasteiger partial charge on any atom is 0.240 e. The first-order chi connectivity index (χ1) is 10.5. The first-order valence-electron chi connectivity index (χ1n) is 8.37. The molecule has 3 N–H and O–H groups in total. The second-order valence-corrected chi connectivity index (χ2v) is 6.55. The fourth-order valence-corrected chi connectivity index (χ4v) is 3.03. The number of hydrogen-bond acceptors (Lipinski definition) is 3. The van der Waals surface area contributed by atoms with Crippen molar-refractivity contribution in [3.63, 3.8) is 0 Å². The molecule has 0 aliphatic heterocycles. The summed E-state index contributed by atoms with van der Waals surface area (Å²) in [5.41, 5.74) is 8.02. The van der Waals surface area contributed by atoms with Gasteiger partial charge < -0.3 is 16.0 Å². The highest BCUT2D eigenvalue weighted by Gasteiger charge is 2.34. The van der Waals surface area contributed by atoms with Crippen LogP contribution < -0.4 is 11.1 Å². The Morgan fingerprint density at radius 1 is 1.27 bits per heavy atom. The van der Waals surface area contributed by atoms with Gasteiger partial charge in [0, 0.05) is 13.1 Å². The van der Waals surface area contributed by atoms with Crippen LogP contribution >= 0.6 is 0 Å². The van der Waals surface area contributed by atoms with Gasteiger partial charge in [-0.25, -0.2) is 0 Å². The zero-order valence-corrected chi connectivity index (χ0v) is 13.9. The van der Waals surface area contributed by atoms with Crippen LogP contribution in [0.4, 0.5) is 0 Å². The number of nitrogens with two attached hydrogens (primary N) is 1. The first-order valence-corrected chi connectivity index (χ1v) is 8.37. The standard InChI is InChI=1S/C18H29N3O/c1-3-21(2)14-16-9-7-8-15(12-16)13-20-17(22)18(19)10-5-4-6-11-18/h7-9,12H,3-6,10-11,13-14,19H2,1-2H3,(H,20,22). The fourth-order valence-electron chi connectivity index (χ4n) is 3.03. The molecule has 2 rings (SSSR count). The van der Waals surface area contributed by atoms with Gasteiger partial charge in [0.2, 0.25) is 5.91 Å². The minimum atomic E-state index is -0.654. The lowest BCUT2D eigenvalue weighted by atomic mass is 9.82. The Morgan fingerprint density at radius 2 is 1.95 bits per heavy atom. The van der Waals surface area contributed by atoms with Gasteiger partial charge in [0.05, 0.1) is 5.54 Å². The van der Waals surface area contributed by atoms with E-state index in [1.165, 1.54) is 12.0 Å². The molecule has 1 saturated carbocycles. The summed E-state index contributed by atoms with van der Waals surface area (Å²) in [6.45, 7) is 4.66. The molecule has 0 saturated heterocycles. The predicted octanol–water partition coefficient (Wildman–Crippen LogP) is 2.42. The summed E-state index contributed by atoms with van der Waals surface area (Å²) in [6.07, 6.45) is 4.92. The number of nitrogens with zero attached hydrogens (tertiary/aromatic N) is 1. The van der Waals surface area contributed by atoms with E-state index in [9.17, 15) is 4.79 Å². The summed E-state index contributed by atoms with van der Waals surface area (Å²) in [4.78, 5) is 14.6. The molecule has 122 valence electrons. The predicted molar refractivity (Wildman–Crippen MR) is 90.3 cm³/mol. The van der Waals surface area contributed by atoms with Crippen LogP contribution in [0.5, 0.6) is 0 Å². The average Bonchev–Trinajstić information content (AvgIpc) is 2.53. The molecule has 0 unspecified atom stereocenters. The van der Waals surface area contributed by atoms with E-state index in [-0.39, 0.29) is 5.91 Å². The summed E-state index contributed by atoms with van der Waals surface area (Å²) in [7, 11) is 2.11. The molecule has 1 fully saturated rings. The van der Waals surface area contributed by atoms with Gasteiger partial charge in [-0.3, -0.25) is 4.79 Å². The molecular formula is C18H29N3O. The second kappa shape index (κ2) is 7.75. The largest absolute Gasteiger partial charge is 0.350 e. The molecule has 1 aromatic rings. The molecule has 1 aromatic carbocycles. The molecule has 0 heterocycles. The number of amides is 1. The van der Waals surface area contributed by atoms with Gasteiger partial charge in [-0.15, -0.1) is 0 Å². The van der Waals surface area contributed by atoms with Crippen LogP contribution in [-0.2, 0) is 17.9 Å². The van der Waals surface area contributed by atoms with Gasteiger partial charge in [-0.2, -0.15) is 0 Å². The summed E-state index contributed by atoms with van der Waals surface area (Å²) in [5.74, 6) is 0.00304. The summed E-state index contributed by atoms with van der Waals surface area (Å²) in [6, 6.07) is 8.40. The van der Waals surface area contributed by atoms with Gasteiger partial charge in [0.25, 0.3) is 0 Å². The number of hydrogen-bond donors (Lipinski definition) is 2. The molecule has 0 atom stereocenters. The van der Waals surface area contributed by atoms with Crippen molar-refractivity contribution in [2.45, 2.75) is 57.7 Å². The number of nitrogens with one attached hydrogen (secondary N) is 1. The Labute approximate surface area is 134 Å². The van der Waals surface area contributed by atoms with Crippen LogP contribution in [0.3, 0.4) is 0 Å². The van der Waals surface area contributed by atoms with E-state index in [0.29, 0.717) is 6.54 Å². The second-order valence-electron chi connectivity index (χ2n) is 6.55. The fraction of sp³-hybridized carbons (Fsp3) is 0.611. The quantitative estimate of drug-likeness (QED) is 0.848. The van der Waals surface area contributed by atoms with E-state index in [4.69, 9.17) is 5.73 Å². The lowest BCUT2D eigenvalue weighted by molar-refractivity contribution is -0.127. The lowest BCUT2D eigenvalue weighted by Crippen LogP contribution is -2.54. The Balaban J connectivity index is 1.91. The van der Waals surface area contributed by atoms with Crippen molar-refractivity contribution < 1.29 is 4.79 Å². The first kappa shape index (κ1) is 17.0. The van der Waals surface area contributed by atoms with Crippen molar-refractivity contribution >= 4 is 5.91 Å². The van der Waals surface area contributed by atoms with Crippen molar-refractivity contribution in [2.24, 2.45) is 5.73 Å². The molecule has 0 aromatic heterocycles. The molecule has 0 radical (unpaired) electrons. The maximum atomic E-state index is 12.4. The van der Waals surface area contributed by atoms with E-state index >= 15 is 0 Å². The zero-order chi connectivity index (χ0) is 16.0. The maximum absolute atomic E-state index is 12.4. The molecule has 4 heteroatoms. The van der Waals surface area contributed by atoms with Crippen molar-refractivity contribution in [3.8, 4) is 0 Å². The summed E-state index contributed by atoms with van der Waals surface area (Å²) in [5, 5.41) is 3.03. The topological polar surface area (TPSA) is 58.4 Å². The van der Waals surface area contributed by atoms with Crippen LogP contribution in [-0.4, -0.2) is 29.9 Å². The van der Waals surface area contributed by atoms with Crippen LogP contribution in [0.15, 0.2) is 24.3 Å². The highest BCUT2D eigenvalue weighted by molar-refractivity contribution is 5.86. The van der Waals surface area contributed by atoms with Crippen molar-refractivity contribution in [2.75, 3.05) is 13.6 Å². The number of carbonyl (C=O) groups excluding carboxylic acids is 1. The number of rotatable bonds is 6. The van der Waals surface area contributed by atoms with Crippen LogP contribution in [0.1, 0.15) is 50.2 Å². The van der Waals surface area contributed by atoms with Crippen LogP contribution in [0.25, 0.3) is 0 Å². The molecule has 1 amide bonds. The molecule has 0 spiro atoms. The van der Waals surface area contributed by atoms with E-state index in [2.05, 4.69) is 48.5 Å². The van der Waals surface area contributed by atoms with Gasteiger partial charge >= 0.3 is 0 Å². The van der Waals surface area contributed by atoms with E-state index in [1.54, 1.807) is 0 Å². The zero-order valence-electron chi connectivity index (χ0n) is 13.9. The van der Waals surface area contributed by atoms with E-state index in [1.807, 2.05) is 0 Å². The normalized spacial score (nSPS) is 17.5. The molecule has 4 nitrogen and oxygen atoms in total. The van der Waals surface area contributed by atoms with E-state index in [0.717, 1.165) is 44.3 Å². The molecule has 1 aliphatic rings. The van der Waals surface area contributed by atoms with E-state index < -0.39 is 5.54 Å². The van der Waals surface area contributed by atoms with Gasteiger partial charge in [-0.05, 0) is 37.6 Å². The third-order valence-corrected chi connectivity index (χ3v) is 4.63. The minimum absolute atomic E-state index is 0.00304. The molecule has 1 aliphatic carbocycles. The van der Waals surface area contributed by atoms with Gasteiger partial charge in [0.1, 0.15) is 0 Å². The number of carbonyl (C=O) groups is 1. The van der Waals surface area contributed by atoms with Crippen molar-refractivity contribution in [3.05, 3.63) is 35.4 Å². The van der Waals surface area contributed by atoms with Crippen molar-refractivity contribution in [1.82, 2.24) is 10.2 Å². The Hall–Kier alpha value is -1.39. The monoisotopic (exact) mass is 303 g/mol. The van der Waals surface area contributed by atoms with Crippen LogP contribution in [0.2, 0.25) is 0 Å². The summed E-state index contributed by atoms with van der Waals surface area (Å²) >= 11 is 0. The Morgan fingerprint density at radius 3 is 2.64 bits per heavy atom. The Bertz CT molecular complexity index is 495. The van der Waals surface area contributed by atoms with Crippen LogP contribution in [0, 0.1) is 0 Å².